The first-order chi connectivity index (χ1) is 13.2. The number of anilines is 1. The van der Waals surface area contributed by atoms with Crippen LogP contribution in [-0.2, 0) is 16.9 Å². The van der Waals surface area contributed by atoms with Gasteiger partial charge in [-0.05, 0) is 29.8 Å². The summed E-state index contributed by atoms with van der Waals surface area (Å²) in [6, 6.07) is 8.72. The van der Waals surface area contributed by atoms with E-state index in [9.17, 15) is 22.9 Å². The molecule has 0 radical (unpaired) electrons. The molecule has 1 aromatic heterocycles. The molecule has 3 aromatic rings. The fourth-order valence-corrected chi connectivity index (χ4v) is 3.45. The zero-order valence-electron chi connectivity index (χ0n) is 15.0. The monoisotopic (exact) mass is 404 g/mol. The van der Waals surface area contributed by atoms with E-state index in [-0.39, 0.29) is 10.6 Å². The standard InChI is InChI=1S/C18H17FN4O4S/c1-22-9-8-20-18(22)17(12-4-3-5-13(19)10-12)21-15-7-6-14(28(2,26)27)11-16(15)23(24)25/h3-11,17,21H,1-2H3/t17-/m1/s1. The maximum absolute atomic E-state index is 13.8. The predicted molar refractivity (Wildman–Crippen MR) is 101 cm³/mol. The molecule has 1 N–H and O–H groups in total. The minimum absolute atomic E-state index is 0.0923. The Hall–Kier alpha value is -3.27. The number of rotatable bonds is 6. The Kier molecular flexibility index (Phi) is 5.14. The summed E-state index contributed by atoms with van der Waals surface area (Å²) in [6.07, 6.45) is 4.23. The van der Waals surface area contributed by atoms with E-state index in [0.717, 1.165) is 12.3 Å². The molecule has 0 spiro atoms. The second-order valence-corrected chi connectivity index (χ2v) is 8.25. The summed E-state index contributed by atoms with van der Waals surface area (Å²) in [6.45, 7) is 0. The number of hydrogen-bond acceptors (Lipinski definition) is 6. The normalized spacial score (nSPS) is 12.5. The largest absolute Gasteiger partial charge is 0.366 e. The van der Waals surface area contributed by atoms with Crippen LogP contribution in [0.15, 0.2) is 59.8 Å². The van der Waals surface area contributed by atoms with Gasteiger partial charge in [-0.25, -0.2) is 17.8 Å². The molecule has 1 atom stereocenters. The van der Waals surface area contributed by atoms with Crippen LogP contribution in [0.25, 0.3) is 0 Å². The van der Waals surface area contributed by atoms with Crippen LogP contribution in [0.2, 0.25) is 0 Å². The predicted octanol–water partition coefficient (Wildman–Crippen LogP) is 3.07. The van der Waals surface area contributed by atoms with Gasteiger partial charge in [0.2, 0.25) is 0 Å². The first-order valence-corrected chi connectivity index (χ1v) is 10.0. The molecule has 1 heterocycles. The number of benzene rings is 2. The molecule has 0 aliphatic carbocycles. The Labute approximate surface area is 160 Å². The van der Waals surface area contributed by atoms with E-state index in [4.69, 9.17) is 0 Å². The van der Waals surface area contributed by atoms with E-state index < -0.39 is 32.3 Å². The van der Waals surface area contributed by atoms with E-state index in [1.165, 1.54) is 30.3 Å². The molecule has 0 saturated carbocycles. The Bertz CT molecular complexity index is 1140. The van der Waals surface area contributed by atoms with Gasteiger partial charge in [0.05, 0.1) is 9.82 Å². The van der Waals surface area contributed by atoms with Gasteiger partial charge in [-0.15, -0.1) is 0 Å². The van der Waals surface area contributed by atoms with Gasteiger partial charge in [0.15, 0.2) is 9.84 Å². The van der Waals surface area contributed by atoms with Crippen LogP contribution in [0, 0.1) is 15.9 Å². The molecule has 146 valence electrons. The average molecular weight is 404 g/mol. The van der Waals surface area contributed by atoms with Crippen LogP contribution >= 0.6 is 0 Å². The van der Waals surface area contributed by atoms with Crippen molar-refractivity contribution in [1.29, 1.82) is 0 Å². The van der Waals surface area contributed by atoms with Crippen LogP contribution in [0.4, 0.5) is 15.8 Å². The third-order valence-corrected chi connectivity index (χ3v) is 5.30. The number of aryl methyl sites for hydroxylation is 1. The Morgan fingerprint density at radius 2 is 2.00 bits per heavy atom. The number of nitro benzene ring substituents is 1. The number of nitrogens with zero attached hydrogens (tertiary/aromatic N) is 3. The number of aromatic nitrogens is 2. The third kappa shape index (κ3) is 4.01. The molecular formula is C18H17FN4O4S. The molecule has 0 amide bonds. The summed E-state index contributed by atoms with van der Waals surface area (Å²) in [7, 11) is -1.86. The average Bonchev–Trinajstić information content (AvgIpc) is 3.04. The lowest BCUT2D eigenvalue weighted by Crippen LogP contribution is -2.18. The minimum Gasteiger partial charge on any atom is -0.366 e. The Morgan fingerprint density at radius 1 is 1.25 bits per heavy atom. The smallest absolute Gasteiger partial charge is 0.293 e. The number of sulfone groups is 1. The Morgan fingerprint density at radius 3 is 2.57 bits per heavy atom. The van der Waals surface area contributed by atoms with Crippen LogP contribution in [-0.4, -0.2) is 29.1 Å². The number of nitro groups is 1. The zero-order valence-corrected chi connectivity index (χ0v) is 15.9. The molecule has 0 unspecified atom stereocenters. The molecule has 0 saturated heterocycles. The molecule has 8 nitrogen and oxygen atoms in total. The van der Waals surface area contributed by atoms with Crippen molar-refractivity contribution in [2.45, 2.75) is 10.9 Å². The fraction of sp³-hybridized carbons (Fsp3) is 0.167. The highest BCUT2D eigenvalue weighted by Crippen LogP contribution is 2.33. The lowest BCUT2D eigenvalue weighted by atomic mass is 10.1. The summed E-state index contributed by atoms with van der Waals surface area (Å²) in [4.78, 5) is 14.9. The summed E-state index contributed by atoms with van der Waals surface area (Å²) < 4.78 is 38.9. The van der Waals surface area contributed by atoms with Crippen molar-refractivity contribution in [3.05, 3.63) is 82.2 Å². The van der Waals surface area contributed by atoms with Crippen molar-refractivity contribution in [3.63, 3.8) is 0 Å². The van der Waals surface area contributed by atoms with Crippen molar-refractivity contribution >= 4 is 21.2 Å². The van der Waals surface area contributed by atoms with Crippen molar-refractivity contribution in [1.82, 2.24) is 9.55 Å². The molecule has 0 bridgehead atoms. The van der Waals surface area contributed by atoms with Gasteiger partial charge >= 0.3 is 0 Å². The first-order valence-electron chi connectivity index (χ1n) is 8.14. The molecule has 3 rings (SSSR count). The highest BCUT2D eigenvalue weighted by atomic mass is 32.2. The number of halogens is 1. The van der Waals surface area contributed by atoms with Crippen LogP contribution in [0.1, 0.15) is 17.4 Å². The van der Waals surface area contributed by atoms with E-state index in [0.29, 0.717) is 11.4 Å². The van der Waals surface area contributed by atoms with Gasteiger partial charge in [-0.3, -0.25) is 10.1 Å². The second kappa shape index (κ2) is 7.39. The zero-order chi connectivity index (χ0) is 20.5. The van der Waals surface area contributed by atoms with E-state index in [1.807, 2.05) is 0 Å². The minimum atomic E-state index is -3.61. The van der Waals surface area contributed by atoms with Gasteiger partial charge in [0.25, 0.3) is 5.69 Å². The molecule has 2 aromatic carbocycles. The maximum Gasteiger partial charge on any atom is 0.293 e. The highest BCUT2D eigenvalue weighted by Gasteiger charge is 2.24. The third-order valence-electron chi connectivity index (χ3n) is 4.19. The van der Waals surface area contributed by atoms with Crippen LogP contribution in [0.5, 0.6) is 0 Å². The number of hydrogen-bond donors (Lipinski definition) is 1. The quantitative estimate of drug-likeness (QED) is 0.500. The lowest BCUT2D eigenvalue weighted by Gasteiger charge is -2.20. The van der Waals surface area contributed by atoms with E-state index in [2.05, 4.69) is 10.3 Å². The van der Waals surface area contributed by atoms with Crippen molar-refractivity contribution in [2.24, 2.45) is 7.05 Å². The molecule has 0 fully saturated rings. The van der Waals surface area contributed by atoms with Crippen molar-refractivity contribution in [3.8, 4) is 0 Å². The lowest BCUT2D eigenvalue weighted by molar-refractivity contribution is -0.384. The van der Waals surface area contributed by atoms with Crippen molar-refractivity contribution < 1.29 is 17.7 Å². The molecule has 10 heteroatoms. The van der Waals surface area contributed by atoms with E-state index >= 15 is 0 Å². The SMILES string of the molecule is Cn1ccnc1[C@H](Nc1ccc(S(C)(=O)=O)cc1[N+](=O)[O-])c1cccc(F)c1. The number of imidazole rings is 1. The Balaban J connectivity index is 2.11. The second-order valence-electron chi connectivity index (χ2n) is 6.24. The topological polar surface area (TPSA) is 107 Å². The molecular weight excluding hydrogens is 387 g/mol. The maximum atomic E-state index is 13.8. The summed E-state index contributed by atoms with van der Waals surface area (Å²) in [5.41, 5.74) is 0.198. The van der Waals surface area contributed by atoms with Crippen molar-refractivity contribution in [2.75, 3.05) is 11.6 Å². The first kappa shape index (κ1) is 19.5. The molecule has 28 heavy (non-hydrogen) atoms. The molecule has 0 aliphatic rings. The summed E-state index contributed by atoms with van der Waals surface area (Å²) in [5.74, 6) is 0.0486. The van der Waals surface area contributed by atoms with Crippen LogP contribution < -0.4 is 5.32 Å². The van der Waals surface area contributed by atoms with Gasteiger partial charge in [-0.1, -0.05) is 12.1 Å². The van der Waals surface area contributed by atoms with Gasteiger partial charge in [0.1, 0.15) is 23.4 Å². The number of nitrogens with one attached hydrogen (secondary N) is 1. The molecule has 0 aliphatic heterocycles. The summed E-state index contributed by atoms with van der Waals surface area (Å²) >= 11 is 0. The van der Waals surface area contributed by atoms with Crippen LogP contribution in [0.3, 0.4) is 0 Å². The van der Waals surface area contributed by atoms with Gasteiger partial charge < -0.3 is 9.88 Å². The highest BCUT2D eigenvalue weighted by molar-refractivity contribution is 7.90. The summed E-state index contributed by atoms with van der Waals surface area (Å²) in [5, 5.41) is 14.5. The van der Waals surface area contributed by atoms with Gasteiger partial charge in [0, 0.05) is 31.8 Å². The fourth-order valence-electron chi connectivity index (χ4n) is 2.81. The van der Waals surface area contributed by atoms with Gasteiger partial charge in [-0.2, -0.15) is 0 Å². The van der Waals surface area contributed by atoms with E-state index in [1.54, 1.807) is 30.1 Å².